The highest BCUT2D eigenvalue weighted by Gasteiger charge is 2.36. The van der Waals surface area contributed by atoms with Crippen LogP contribution in [0.15, 0.2) is 48.5 Å². The minimum absolute atomic E-state index is 0.177. The highest BCUT2D eigenvalue weighted by Crippen LogP contribution is 2.39. The van der Waals surface area contributed by atoms with E-state index in [-0.39, 0.29) is 18.4 Å². The van der Waals surface area contributed by atoms with E-state index in [2.05, 4.69) is 0 Å². The molecule has 0 saturated carbocycles. The molecule has 0 spiro atoms. The molecule has 2 aromatic carbocycles. The molecule has 2 aliphatic rings. The lowest BCUT2D eigenvalue weighted by molar-refractivity contribution is -0.144. The predicted molar refractivity (Wildman–Crippen MR) is 133 cm³/mol. The van der Waals surface area contributed by atoms with Gasteiger partial charge in [0.2, 0.25) is 5.91 Å². The van der Waals surface area contributed by atoms with Crippen molar-refractivity contribution < 1.29 is 28.7 Å². The fourth-order valence-electron chi connectivity index (χ4n) is 4.45. The lowest BCUT2D eigenvalue weighted by Gasteiger charge is -2.36. The molecule has 2 aliphatic heterocycles. The zero-order valence-electron chi connectivity index (χ0n) is 21.0. The number of carbonyl (C=O) groups excluding carboxylic acids is 4. The van der Waals surface area contributed by atoms with Gasteiger partial charge in [0.05, 0.1) is 5.69 Å². The smallest absolute Gasteiger partial charge is 0.410 e. The van der Waals surface area contributed by atoms with Gasteiger partial charge < -0.3 is 19.3 Å². The van der Waals surface area contributed by atoms with E-state index in [9.17, 15) is 19.2 Å². The first-order valence-electron chi connectivity index (χ1n) is 12.0. The van der Waals surface area contributed by atoms with Crippen molar-refractivity contribution in [3.05, 3.63) is 65.2 Å². The second-order valence-electron chi connectivity index (χ2n) is 9.88. The number of rotatable bonds is 3. The molecule has 0 bridgehead atoms. The van der Waals surface area contributed by atoms with E-state index in [0.29, 0.717) is 48.6 Å². The van der Waals surface area contributed by atoms with Gasteiger partial charge in [-0.15, -0.1) is 0 Å². The summed E-state index contributed by atoms with van der Waals surface area (Å²) in [6, 6.07) is 14.1. The summed E-state index contributed by atoms with van der Waals surface area (Å²) in [6.07, 6.45) is -1.17. The number of amides is 3. The van der Waals surface area contributed by atoms with Crippen LogP contribution in [0, 0.1) is 0 Å². The molecule has 9 nitrogen and oxygen atoms in total. The summed E-state index contributed by atoms with van der Waals surface area (Å²) < 4.78 is 11.1. The van der Waals surface area contributed by atoms with Crippen LogP contribution in [0.1, 0.15) is 55.3 Å². The minimum atomic E-state index is -0.767. The van der Waals surface area contributed by atoms with Crippen LogP contribution in [0.3, 0.4) is 0 Å². The van der Waals surface area contributed by atoms with Crippen LogP contribution in [0.4, 0.5) is 10.5 Å². The third-order valence-corrected chi connectivity index (χ3v) is 6.09. The van der Waals surface area contributed by atoms with Gasteiger partial charge >= 0.3 is 12.1 Å². The van der Waals surface area contributed by atoms with E-state index in [4.69, 9.17) is 9.47 Å². The number of fused-ring (bicyclic) bond motifs is 2. The number of hydrogen-bond donors (Lipinski definition) is 0. The van der Waals surface area contributed by atoms with Crippen molar-refractivity contribution in [3.8, 4) is 0 Å². The van der Waals surface area contributed by atoms with Gasteiger partial charge in [-0.2, -0.15) is 0 Å². The Morgan fingerprint density at radius 3 is 2.11 bits per heavy atom. The number of carbonyl (C=O) groups is 4. The number of ether oxygens (including phenoxy) is 2. The van der Waals surface area contributed by atoms with Crippen molar-refractivity contribution >= 4 is 29.6 Å². The Bertz CT molecular complexity index is 1180. The summed E-state index contributed by atoms with van der Waals surface area (Å²) in [7, 11) is 0. The first kappa shape index (κ1) is 25.2. The van der Waals surface area contributed by atoms with Crippen LogP contribution < -0.4 is 4.90 Å². The Balaban J connectivity index is 1.56. The summed E-state index contributed by atoms with van der Waals surface area (Å²) >= 11 is 0. The molecule has 0 aromatic heterocycles. The Morgan fingerprint density at radius 2 is 1.47 bits per heavy atom. The molecule has 4 rings (SSSR count). The summed E-state index contributed by atoms with van der Waals surface area (Å²) in [5.74, 6) is -1.04. The Hall–Kier alpha value is -3.88. The standard InChI is InChI=1S/C27H31N3O6/c1-18(31)35-24-19-9-5-6-10-20(19)25(33)30(22-12-8-7-11-21(22)24)17-23(32)28-13-15-29(16-14-28)26(34)36-27(2,3)4/h5-12,24H,13-17H2,1-4H3. The van der Waals surface area contributed by atoms with Gasteiger partial charge in [0.1, 0.15) is 12.1 Å². The van der Waals surface area contributed by atoms with Crippen LogP contribution in [0.2, 0.25) is 0 Å². The first-order valence-corrected chi connectivity index (χ1v) is 12.0. The predicted octanol–water partition coefficient (Wildman–Crippen LogP) is 3.38. The van der Waals surface area contributed by atoms with Gasteiger partial charge in [-0.1, -0.05) is 36.4 Å². The highest BCUT2D eigenvalue weighted by atomic mass is 16.6. The molecule has 36 heavy (non-hydrogen) atoms. The third kappa shape index (κ3) is 5.35. The average molecular weight is 494 g/mol. The van der Waals surface area contributed by atoms with Crippen LogP contribution >= 0.6 is 0 Å². The Labute approximate surface area is 210 Å². The molecular weight excluding hydrogens is 462 g/mol. The first-order chi connectivity index (χ1) is 17.0. The van der Waals surface area contributed by atoms with Crippen molar-refractivity contribution in [2.75, 3.05) is 37.6 Å². The summed E-state index contributed by atoms with van der Waals surface area (Å²) in [5, 5.41) is 0. The molecule has 190 valence electrons. The summed E-state index contributed by atoms with van der Waals surface area (Å²) in [6.45, 7) is 7.97. The van der Waals surface area contributed by atoms with Gasteiger partial charge in [-0.3, -0.25) is 19.3 Å². The zero-order valence-corrected chi connectivity index (χ0v) is 21.0. The average Bonchev–Trinajstić information content (AvgIpc) is 2.92. The topological polar surface area (TPSA) is 96.5 Å². The maximum absolute atomic E-state index is 13.7. The van der Waals surface area contributed by atoms with Gasteiger partial charge in [0.15, 0.2) is 6.10 Å². The maximum Gasteiger partial charge on any atom is 0.410 e. The van der Waals surface area contributed by atoms with Crippen LogP contribution in [-0.4, -0.2) is 72.0 Å². The molecule has 1 atom stereocenters. The van der Waals surface area contributed by atoms with Gasteiger partial charge in [-0.25, -0.2) is 4.79 Å². The van der Waals surface area contributed by atoms with Crippen molar-refractivity contribution in [3.63, 3.8) is 0 Å². The molecule has 2 heterocycles. The molecule has 1 fully saturated rings. The minimum Gasteiger partial charge on any atom is -0.453 e. The van der Waals surface area contributed by atoms with Crippen molar-refractivity contribution in [2.45, 2.75) is 39.4 Å². The molecule has 9 heteroatoms. The van der Waals surface area contributed by atoms with E-state index < -0.39 is 23.8 Å². The monoisotopic (exact) mass is 493 g/mol. The number of para-hydroxylation sites is 1. The summed E-state index contributed by atoms with van der Waals surface area (Å²) in [4.78, 5) is 56.0. The number of esters is 1. The van der Waals surface area contributed by atoms with Crippen LogP contribution in [-0.2, 0) is 19.1 Å². The molecule has 2 aromatic rings. The molecule has 0 radical (unpaired) electrons. The quantitative estimate of drug-likeness (QED) is 0.609. The third-order valence-electron chi connectivity index (χ3n) is 6.09. The van der Waals surface area contributed by atoms with Crippen molar-refractivity contribution in [1.82, 2.24) is 9.80 Å². The molecule has 1 unspecified atom stereocenters. The molecule has 0 aliphatic carbocycles. The van der Waals surface area contributed by atoms with Crippen molar-refractivity contribution in [1.29, 1.82) is 0 Å². The normalized spacial score (nSPS) is 17.6. The number of hydrogen-bond acceptors (Lipinski definition) is 6. The van der Waals surface area contributed by atoms with Crippen LogP contribution in [0.5, 0.6) is 0 Å². The van der Waals surface area contributed by atoms with E-state index in [1.807, 2.05) is 26.8 Å². The lowest BCUT2D eigenvalue weighted by Crippen LogP contribution is -2.53. The number of anilines is 1. The summed E-state index contributed by atoms with van der Waals surface area (Å²) in [5.41, 5.74) is 1.51. The van der Waals surface area contributed by atoms with E-state index in [1.165, 1.54) is 11.8 Å². The number of nitrogens with zero attached hydrogens (tertiary/aromatic N) is 3. The molecule has 1 saturated heterocycles. The van der Waals surface area contributed by atoms with E-state index in [1.54, 1.807) is 52.3 Å². The van der Waals surface area contributed by atoms with Gasteiger partial charge in [0.25, 0.3) is 5.91 Å². The lowest BCUT2D eigenvalue weighted by atomic mass is 9.97. The SMILES string of the molecule is CC(=O)OC1c2ccccc2C(=O)N(CC(=O)N2CCN(C(=O)OC(C)(C)C)CC2)c2ccccc21. The second-order valence-corrected chi connectivity index (χ2v) is 9.88. The molecule has 0 N–H and O–H groups in total. The largest absolute Gasteiger partial charge is 0.453 e. The van der Waals surface area contributed by atoms with E-state index >= 15 is 0 Å². The van der Waals surface area contributed by atoms with Gasteiger partial charge in [-0.05, 0) is 32.9 Å². The Morgan fingerprint density at radius 1 is 0.889 bits per heavy atom. The number of piperazine rings is 1. The fraction of sp³-hybridized carbons (Fsp3) is 0.407. The molecular formula is C27H31N3O6. The second kappa shape index (κ2) is 10.0. The fourth-order valence-corrected chi connectivity index (χ4v) is 4.45. The van der Waals surface area contributed by atoms with Gasteiger partial charge in [0, 0.05) is 49.8 Å². The Kier molecular flexibility index (Phi) is 7.01. The van der Waals surface area contributed by atoms with Crippen LogP contribution in [0.25, 0.3) is 0 Å². The van der Waals surface area contributed by atoms with E-state index in [0.717, 1.165) is 0 Å². The number of benzene rings is 2. The highest BCUT2D eigenvalue weighted by molar-refractivity contribution is 6.11. The zero-order chi connectivity index (χ0) is 26.0. The maximum atomic E-state index is 13.7. The molecule has 3 amide bonds. The van der Waals surface area contributed by atoms with Crippen molar-refractivity contribution in [2.24, 2.45) is 0 Å².